The van der Waals surface area contributed by atoms with Crippen molar-refractivity contribution in [2.75, 3.05) is 10.0 Å². The number of H-pyrrole nitrogens is 1. The van der Waals surface area contributed by atoms with Crippen molar-refractivity contribution in [2.24, 2.45) is 7.05 Å². The van der Waals surface area contributed by atoms with Crippen molar-refractivity contribution in [3.63, 3.8) is 0 Å². The molecule has 0 spiro atoms. The Hall–Kier alpha value is -4.72. The van der Waals surface area contributed by atoms with Crippen LogP contribution >= 0.6 is 0 Å². The van der Waals surface area contributed by atoms with E-state index in [4.69, 9.17) is 0 Å². The van der Waals surface area contributed by atoms with Gasteiger partial charge in [-0.25, -0.2) is 21.6 Å². The topological polar surface area (TPSA) is 135 Å². The Morgan fingerprint density at radius 1 is 1.03 bits per heavy atom. The first kappa shape index (κ1) is 25.9. The average Bonchev–Trinajstić information content (AvgIpc) is 3.48. The minimum absolute atomic E-state index is 0.0673. The Morgan fingerprint density at radius 2 is 1.79 bits per heavy atom. The van der Waals surface area contributed by atoms with Crippen molar-refractivity contribution in [1.82, 2.24) is 25.0 Å². The zero-order chi connectivity index (χ0) is 28.1. The summed E-state index contributed by atoms with van der Waals surface area (Å²) in [5.74, 6) is -4.21. The van der Waals surface area contributed by atoms with Crippen LogP contribution < -0.4 is 10.0 Å². The van der Waals surface area contributed by atoms with E-state index in [1.54, 1.807) is 20.2 Å². The highest BCUT2D eigenvalue weighted by Crippen LogP contribution is 2.36. The van der Waals surface area contributed by atoms with E-state index in [1.165, 1.54) is 36.0 Å². The molecule has 0 unspecified atom stereocenters. The summed E-state index contributed by atoms with van der Waals surface area (Å²) >= 11 is 0. The van der Waals surface area contributed by atoms with Gasteiger partial charge in [0.25, 0.3) is 15.9 Å². The minimum Gasteiger partial charge on any atom is -0.318 e. The van der Waals surface area contributed by atoms with Crippen LogP contribution in [0.3, 0.4) is 0 Å². The number of fused-ring (bicyclic) bond motifs is 1. The minimum atomic E-state index is -4.31. The maximum Gasteiger partial charge on any atom is 0.274 e. The number of aromatic nitrogens is 5. The maximum atomic E-state index is 15.5. The molecular weight excluding hydrogens is 535 g/mol. The Balaban J connectivity index is 1.52. The van der Waals surface area contributed by atoms with Crippen LogP contribution in [-0.2, 0) is 17.1 Å². The number of rotatable bonds is 6. The van der Waals surface area contributed by atoms with Crippen LogP contribution in [0, 0.1) is 31.3 Å². The fraction of sp³-hybridized carbons (Fsp3) is 0.120. The van der Waals surface area contributed by atoms with Gasteiger partial charge < -0.3 is 5.32 Å². The van der Waals surface area contributed by atoms with Crippen molar-refractivity contribution in [1.29, 1.82) is 0 Å². The number of hydrogen-bond acceptors (Lipinski definition) is 6. The number of aromatic amines is 1. The molecule has 0 saturated carbocycles. The van der Waals surface area contributed by atoms with E-state index >= 15 is 8.78 Å². The summed E-state index contributed by atoms with van der Waals surface area (Å²) in [6.07, 6.45) is 2.97. The highest BCUT2D eigenvalue weighted by Gasteiger charge is 2.26. The van der Waals surface area contributed by atoms with Crippen LogP contribution in [0.2, 0.25) is 0 Å². The largest absolute Gasteiger partial charge is 0.318 e. The van der Waals surface area contributed by atoms with Gasteiger partial charge in [0.2, 0.25) is 0 Å². The van der Waals surface area contributed by atoms with Crippen molar-refractivity contribution in [2.45, 2.75) is 18.7 Å². The second-order valence-corrected chi connectivity index (χ2v) is 10.4. The summed E-state index contributed by atoms with van der Waals surface area (Å²) in [6.45, 7) is 3.16. The number of carbonyl (C=O) groups is 1. The van der Waals surface area contributed by atoms with E-state index in [0.717, 1.165) is 18.2 Å². The number of hydrogen-bond donors (Lipinski definition) is 3. The van der Waals surface area contributed by atoms with Crippen LogP contribution in [0.4, 0.5) is 24.5 Å². The summed E-state index contributed by atoms with van der Waals surface area (Å²) in [7, 11) is -2.64. The van der Waals surface area contributed by atoms with Crippen molar-refractivity contribution >= 4 is 38.2 Å². The first-order valence-electron chi connectivity index (χ1n) is 11.4. The number of sulfonamides is 1. The Bertz CT molecular complexity index is 1880. The molecule has 0 radical (unpaired) electrons. The lowest BCUT2D eigenvalue weighted by Crippen LogP contribution is -2.16. The van der Waals surface area contributed by atoms with E-state index in [-0.39, 0.29) is 27.2 Å². The van der Waals surface area contributed by atoms with Gasteiger partial charge in [0, 0.05) is 29.9 Å². The number of benzene rings is 2. The number of halogens is 3. The lowest BCUT2D eigenvalue weighted by Gasteiger charge is -2.14. The molecular formula is C25H20F3N7O3S. The van der Waals surface area contributed by atoms with Crippen molar-refractivity contribution in [3.8, 4) is 11.1 Å². The number of aryl methyl sites for hydroxylation is 3. The molecule has 3 N–H and O–H groups in total. The first-order valence-corrected chi connectivity index (χ1v) is 12.9. The molecule has 0 fully saturated rings. The van der Waals surface area contributed by atoms with Gasteiger partial charge in [-0.2, -0.15) is 10.2 Å². The molecule has 39 heavy (non-hydrogen) atoms. The van der Waals surface area contributed by atoms with E-state index in [0.29, 0.717) is 11.4 Å². The van der Waals surface area contributed by atoms with Gasteiger partial charge in [-0.3, -0.25) is 24.3 Å². The molecule has 0 aliphatic carbocycles. The molecule has 5 aromatic rings. The zero-order valence-corrected chi connectivity index (χ0v) is 21.5. The predicted octanol–water partition coefficient (Wildman–Crippen LogP) is 4.45. The number of nitrogens with zero attached hydrogens (tertiary/aromatic N) is 4. The number of carbonyl (C=O) groups excluding carboxylic acids is 1. The van der Waals surface area contributed by atoms with Gasteiger partial charge in [0.1, 0.15) is 21.9 Å². The SMILES string of the molecule is Cc1ccc(S(=O)(=O)Nc2ccc(F)c(-c3ccc4c(C(=O)Nc5cnn(C)c5)[nH]nc4c3F)c2F)c(C)n1. The van der Waals surface area contributed by atoms with Crippen LogP contribution in [0.15, 0.2) is 53.7 Å². The standard InChI is InChI=1S/C25H20F3N7O3S/c1-12-4-9-19(13(2)30-12)39(37,38)34-18-8-7-17(26)20(22(18)28)15-5-6-16-23(21(15)27)32-33-24(16)25(36)31-14-10-29-35(3)11-14/h4-11,34H,1-3H3,(H,31,36)(H,32,33). The fourth-order valence-electron chi connectivity index (χ4n) is 4.13. The molecule has 0 bridgehead atoms. The van der Waals surface area contributed by atoms with Crippen molar-refractivity contribution < 1.29 is 26.4 Å². The monoisotopic (exact) mass is 555 g/mol. The van der Waals surface area contributed by atoms with Gasteiger partial charge in [-0.05, 0) is 44.2 Å². The Morgan fingerprint density at radius 3 is 2.49 bits per heavy atom. The average molecular weight is 556 g/mol. The highest BCUT2D eigenvalue weighted by molar-refractivity contribution is 7.92. The van der Waals surface area contributed by atoms with Crippen LogP contribution in [-0.4, -0.2) is 39.3 Å². The second kappa shape index (κ2) is 9.54. The normalized spacial score (nSPS) is 11.6. The molecule has 0 atom stereocenters. The quantitative estimate of drug-likeness (QED) is 0.284. The summed E-state index contributed by atoms with van der Waals surface area (Å²) in [5.41, 5.74) is -1.17. The van der Waals surface area contributed by atoms with Gasteiger partial charge >= 0.3 is 0 Å². The van der Waals surface area contributed by atoms with E-state index in [9.17, 15) is 17.6 Å². The fourth-order valence-corrected chi connectivity index (χ4v) is 5.37. The van der Waals surface area contributed by atoms with E-state index < -0.39 is 50.2 Å². The molecule has 0 aliphatic heterocycles. The zero-order valence-electron chi connectivity index (χ0n) is 20.7. The van der Waals surface area contributed by atoms with Gasteiger partial charge in [0.15, 0.2) is 11.6 Å². The molecule has 3 aromatic heterocycles. The summed E-state index contributed by atoms with van der Waals surface area (Å²) in [6, 6.07) is 6.88. The summed E-state index contributed by atoms with van der Waals surface area (Å²) in [5, 5.41) is 12.9. The third-order valence-electron chi connectivity index (χ3n) is 5.93. The molecule has 0 aliphatic rings. The third-order valence-corrected chi connectivity index (χ3v) is 7.42. The number of anilines is 2. The highest BCUT2D eigenvalue weighted by atomic mass is 32.2. The molecule has 3 heterocycles. The lowest BCUT2D eigenvalue weighted by molar-refractivity contribution is 0.102. The van der Waals surface area contributed by atoms with Gasteiger partial charge in [-0.15, -0.1) is 0 Å². The summed E-state index contributed by atoms with van der Waals surface area (Å²) in [4.78, 5) is 16.6. The van der Waals surface area contributed by atoms with Gasteiger partial charge in [-0.1, -0.05) is 6.07 Å². The first-order chi connectivity index (χ1) is 18.5. The maximum absolute atomic E-state index is 15.5. The number of pyridine rings is 1. The van der Waals surface area contributed by atoms with Crippen molar-refractivity contribution in [3.05, 3.63) is 83.3 Å². The molecule has 1 amide bonds. The third kappa shape index (κ3) is 4.69. The van der Waals surface area contributed by atoms with E-state index in [2.05, 4.69) is 30.3 Å². The molecule has 14 heteroatoms. The Labute approximate surface area is 219 Å². The smallest absolute Gasteiger partial charge is 0.274 e. The molecule has 200 valence electrons. The van der Waals surface area contributed by atoms with Gasteiger partial charge in [0.05, 0.1) is 28.8 Å². The van der Waals surface area contributed by atoms with Crippen LogP contribution in [0.1, 0.15) is 21.9 Å². The molecule has 2 aromatic carbocycles. The Kier molecular flexibility index (Phi) is 6.34. The molecule has 5 rings (SSSR count). The number of amides is 1. The predicted molar refractivity (Wildman–Crippen MR) is 137 cm³/mol. The molecule has 10 nitrogen and oxygen atoms in total. The van der Waals surface area contributed by atoms with Crippen LogP contribution in [0.5, 0.6) is 0 Å². The second-order valence-electron chi connectivity index (χ2n) is 8.70. The van der Waals surface area contributed by atoms with E-state index in [1.807, 2.05) is 0 Å². The lowest BCUT2D eigenvalue weighted by atomic mass is 10.0. The number of nitrogens with one attached hydrogen (secondary N) is 3. The van der Waals surface area contributed by atoms with Crippen LogP contribution in [0.25, 0.3) is 22.0 Å². The molecule has 0 saturated heterocycles. The summed E-state index contributed by atoms with van der Waals surface area (Å²) < 4.78 is 75.3.